The molecule has 0 bridgehead atoms. The van der Waals surface area contributed by atoms with Crippen molar-refractivity contribution in [2.45, 2.75) is 27.2 Å². The lowest BCUT2D eigenvalue weighted by molar-refractivity contribution is 0.0828. The minimum Gasteiger partial charge on any atom is -0.293 e. The van der Waals surface area contributed by atoms with Gasteiger partial charge in [-0.3, -0.25) is 4.79 Å². The Morgan fingerprint density at radius 3 is 2.53 bits per heavy atom. The summed E-state index contributed by atoms with van der Waals surface area (Å²) in [5.41, 5.74) is -0.416. The second kappa shape index (κ2) is 4.31. The number of Topliss-reactive ketones (excluding diaryl/α,β-unsaturated/α-hetero) is 1. The highest BCUT2D eigenvalue weighted by Gasteiger charge is 2.28. The molecule has 0 aliphatic heterocycles. The van der Waals surface area contributed by atoms with Gasteiger partial charge < -0.3 is 0 Å². The fraction of sp³-hybridized carbons (Fsp3) is 0.417. The lowest BCUT2D eigenvalue weighted by atomic mass is 9.82. The molecule has 0 fully saturated rings. The van der Waals surface area contributed by atoms with Crippen LogP contribution >= 0.6 is 11.6 Å². The summed E-state index contributed by atoms with van der Waals surface area (Å²) in [5, 5.41) is 0.304. The van der Waals surface area contributed by atoms with Gasteiger partial charge in [-0.05, 0) is 24.6 Å². The summed E-state index contributed by atoms with van der Waals surface area (Å²) in [7, 11) is 0. The van der Waals surface area contributed by atoms with Gasteiger partial charge in [-0.15, -0.1) is 0 Å². The third-order valence-corrected chi connectivity index (χ3v) is 2.91. The van der Waals surface area contributed by atoms with Gasteiger partial charge >= 0.3 is 0 Å². The molecule has 1 rings (SSSR count). The standard InChI is InChI=1S/C12H14ClFO/c1-4-12(2,3)11(15)9-6-5-8(13)7-10(9)14/h5-7H,4H2,1-3H3. The van der Waals surface area contributed by atoms with Crippen molar-refractivity contribution in [3.63, 3.8) is 0 Å². The van der Waals surface area contributed by atoms with E-state index in [1.165, 1.54) is 18.2 Å². The van der Waals surface area contributed by atoms with Crippen LogP contribution in [0.5, 0.6) is 0 Å². The maximum Gasteiger partial charge on any atom is 0.171 e. The van der Waals surface area contributed by atoms with Crippen molar-refractivity contribution in [2.24, 2.45) is 5.41 Å². The molecule has 0 N–H and O–H groups in total. The number of ketones is 1. The summed E-state index contributed by atoms with van der Waals surface area (Å²) in [6, 6.07) is 4.14. The molecule has 82 valence electrons. The molecule has 0 spiro atoms. The number of hydrogen-bond acceptors (Lipinski definition) is 1. The summed E-state index contributed by atoms with van der Waals surface area (Å²) in [5.74, 6) is -0.729. The van der Waals surface area contributed by atoms with E-state index in [2.05, 4.69) is 0 Å². The average molecular weight is 229 g/mol. The van der Waals surface area contributed by atoms with Gasteiger partial charge in [0.2, 0.25) is 0 Å². The topological polar surface area (TPSA) is 17.1 Å². The van der Waals surface area contributed by atoms with Gasteiger partial charge in [0.25, 0.3) is 0 Å². The maximum atomic E-state index is 13.5. The van der Waals surface area contributed by atoms with Gasteiger partial charge in [0.05, 0.1) is 5.56 Å². The first-order chi connectivity index (χ1) is 6.88. The van der Waals surface area contributed by atoms with Gasteiger partial charge in [0.1, 0.15) is 5.82 Å². The molecule has 15 heavy (non-hydrogen) atoms. The van der Waals surface area contributed by atoms with Crippen LogP contribution in [0, 0.1) is 11.2 Å². The monoisotopic (exact) mass is 228 g/mol. The Morgan fingerprint density at radius 1 is 1.47 bits per heavy atom. The van der Waals surface area contributed by atoms with E-state index in [-0.39, 0.29) is 11.3 Å². The molecule has 1 aromatic rings. The van der Waals surface area contributed by atoms with Crippen LogP contribution in [-0.4, -0.2) is 5.78 Å². The van der Waals surface area contributed by atoms with Crippen LogP contribution in [0.3, 0.4) is 0 Å². The van der Waals surface area contributed by atoms with Gasteiger partial charge in [0, 0.05) is 10.4 Å². The van der Waals surface area contributed by atoms with Gasteiger partial charge in [-0.25, -0.2) is 4.39 Å². The molecule has 0 aliphatic carbocycles. The number of rotatable bonds is 3. The number of carbonyl (C=O) groups excluding carboxylic acids is 1. The zero-order valence-electron chi connectivity index (χ0n) is 9.10. The minimum atomic E-state index is -0.547. The molecule has 0 aromatic heterocycles. The maximum absolute atomic E-state index is 13.5. The highest BCUT2D eigenvalue weighted by molar-refractivity contribution is 6.30. The van der Waals surface area contributed by atoms with Crippen LogP contribution in [0.25, 0.3) is 0 Å². The lowest BCUT2D eigenvalue weighted by Crippen LogP contribution is -2.24. The van der Waals surface area contributed by atoms with Gasteiger partial charge in [0.15, 0.2) is 5.78 Å². The first-order valence-electron chi connectivity index (χ1n) is 4.88. The van der Waals surface area contributed by atoms with E-state index in [1.54, 1.807) is 0 Å². The normalized spacial score (nSPS) is 11.5. The van der Waals surface area contributed by atoms with Crippen molar-refractivity contribution >= 4 is 17.4 Å². The largest absolute Gasteiger partial charge is 0.293 e. The van der Waals surface area contributed by atoms with Crippen LogP contribution < -0.4 is 0 Å². The molecule has 1 nitrogen and oxygen atoms in total. The third-order valence-electron chi connectivity index (χ3n) is 2.67. The van der Waals surface area contributed by atoms with Crippen molar-refractivity contribution in [2.75, 3.05) is 0 Å². The van der Waals surface area contributed by atoms with Crippen LogP contribution in [-0.2, 0) is 0 Å². The van der Waals surface area contributed by atoms with Gasteiger partial charge in [-0.2, -0.15) is 0 Å². The van der Waals surface area contributed by atoms with E-state index >= 15 is 0 Å². The van der Waals surface area contributed by atoms with Crippen molar-refractivity contribution < 1.29 is 9.18 Å². The van der Waals surface area contributed by atoms with Crippen LogP contribution in [0.1, 0.15) is 37.6 Å². The molecule has 0 saturated carbocycles. The van der Waals surface area contributed by atoms with Crippen LogP contribution in [0.2, 0.25) is 5.02 Å². The fourth-order valence-corrected chi connectivity index (χ4v) is 1.36. The molecule has 0 atom stereocenters. The van der Waals surface area contributed by atoms with Crippen molar-refractivity contribution in [1.29, 1.82) is 0 Å². The zero-order chi connectivity index (χ0) is 11.6. The molecule has 0 amide bonds. The summed E-state index contributed by atoms with van der Waals surface area (Å²) in [4.78, 5) is 11.9. The third kappa shape index (κ3) is 2.57. The number of carbonyl (C=O) groups is 1. The Morgan fingerprint density at radius 2 is 2.07 bits per heavy atom. The van der Waals surface area contributed by atoms with Crippen molar-refractivity contribution in [3.05, 3.63) is 34.6 Å². The molecule has 0 aliphatic rings. The fourth-order valence-electron chi connectivity index (χ4n) is 1.20. The van der Waals surface area contributed by atoms with E-state index in [1.807, 2.05) is 20.8 Å². The van der Waals surface area contributed by atoms with E-state index in [9.17, 15) is 9.18 Å². The lowest BCUT2D eigenvalue weighted by Gasteiger charge is -2.21. The Hall–Kier alpha value is -0.890. The summed E-state index contributed by atoms with van der Waals surface area (Å²) >= 11 is 5.62. The Bertz CT molecular complexity index is 385. The predicted octanol–water partition coefficient (Wildman–Crippen LogP) is 4.10. The Kier molecular flexibility index (Phi) is 3.50. The summed E-state index contributed by atoms with van der Waals surface area (Å²) in [6.45, 7) is 5.53. The molecule has 3 heteroatoms. The summed E-state index contributed by atoms with van der Waals surface area (Å²) in [6.07, 6.45) is 0.675. The molecular weight excluding hydrogens is 215 g/mol. The molecular formula is C12H14ClFO. The van der Waals surface area contributed by atoms with Gasteiger partial charge in [-0.1, -0.05) is 32.4 Å². The molecule has 0 heterocycles. The minimum absolute atomic E-state index is 0.117. The van der Waals surface area contributed by atoms with Crippen molar-refractivity contribution in [3.8, 4) is 0 Å². The smallest absolute Gasteiger partial charge is 0.171 e. The van der Waals surface area contributed by atoms with Crippen LogP contribution in [0.15, 0.2) is 18.2 Å². The second-order valence-electron chi connectivity index (χ2n) is 4.19. The quantitative estimate of drug-likeness (QED) is 0.712. The highest BCUT2D eigenvalue weighted by Crippen LogP contribution is 2.27. The molecule has 0 radical (unpaired) electrons. The number of halogens is 2. The number of benzene rings is 1. The average Bonchev–Trinajstić information content (AvgIpc) is 2.17. The SMILES string of the molecule is CCC(C)(C)C(=O)c1ccc(Cl)cc1F. The van der Waals surface area contributed by atoms with Crippen LogP contribution in [0.4, 0.5) is 4.39 Å². The Balaban J connectivity index is 3.12. The Labute approximate surface area is 94.3 Å². The molecule has 0 unspecified atom stereocenters. The van der Waals surface area contributed by atoms with E-state index in [0.717, 1.165) is 0 Å². The number of hydrogen-bond donors (Lipinski definition) is 0. The van der Waals surface area contributed by atoms with E-state index < -0.39 is 11.2 Å². The highest BCUT2D eigenvalue weighted by atomic mass is 35.5. The first-order valence-corrected chi connectivity index (χ1v) is 5.26. The summed E-state index contributed by atoms with van der Waals surface area (Å²) < 4.78 is 13.5. The zero-order valence-corrected chi connectivity index (χ0v) is 9.86. The second-order valence-corrected chi connectivity index (χ2v) is 4.63. The van der Waals surface area contributed by atoms with Crippen molar-refractivity contribution in [1.82, 2.24) is 0 Å². The predicted molar refractivity (Wildman–Crippen MR) is 59.8 cm³/mol. The first kappa shape index (κ1) is 12.2. The molecule has 1 aromatic carbocycles. The van der Waals surface area contributed by atoms with E-state index in [0.29, 0.717) is 11.4 Å². The van der Waals surface area contributed by atoms with E-state index in [4.69, 9.17) is 11.6 Å². The molecule has 0 saturated heterocycles.